The van der Waals surface area contributed by atoms with Crippen molar-refractivity contribution in [3.05, 3.63) is 64.9 Å². The molecule has 0 spiro atoms. The summed E-state index contributed by atoms with van der Waals surface area (Å²) in [6.07, 6.45) is 2.07. The standard InChI is InChI=1S/C22H25NO3/c1-14(2)26-20-8-6-5-7-17(20)12-23-21(24)11-18-13-25-22-16(4)15(3)9-10-19(18)22/h5-10,13-14H,11-12H2,1-4H3,(H,23,24). The summed E-state index contributed by atoms with van der Waals surface area (Å²) in [5, 5.41) is 3.99. The Morgan fingerprint density at radius 1 is 1.12 bits per heavy atom. The van der Waals surface area contributed by atoms with Crippen LogP contribution in [-0.2, 0) is 17.8 Å². The molecule has 0 saturated carbocycles. The fourth-order valence-corrected chi connectivity index (χ4v) is 2.97. The van der Waals surface area contributed by atoms with Gasteiger partial charge in [0.1, 0.15) is 11.3 Å². The van der Waals surface area contributed by atoms with Crippen molar-refractivity contribution < 1.29 is 13.9 Å². The number of nitrogens with one attached hydrogen (secondary N) is 1. The Morgan fingerprint density at radius 2 is 1.88 bits per heavy atom. The first kappa shape index (κ1) is 18.1. The van der Waals surface area contributed by atoms with Gasteiger partial charge >= 0.3 is 0 Å². The summed E-state index contributed by atoms with van der Waals surface area (Å²) in [5.41, 5.74) is 5.05. The summed E-state index contributed by atoms with van der Waals surface area (Å²) in [5.74, 6) is 0.771. The van der Waals surface area contributed by atoms with Crippen molar-refractivity contribution in [1.29, 1.82) is 0 Å². The number of ether oxygens (including phenoxy) is 1. The summed E-state index contributed by atoms with van der Waals surface area (Å²) >= 11 is 0. The average Bonchev–Trinajstić information content (AvgIpc) is 3.00. The van der Waals surface area contributed by atoms with Crippen molar-refractivity contribution in [2.24, 2.45) is 0 Å². The molecular formula is C22H25NO3. The number of rotatable bonds is 6. The molecule has 3 rings (SSSR count). The first-order valence-corrected chi connectivity index (χ1v) is 8.93. The van der Waals surface area contributed by atoms with E-state index in [-0.39, 0.29) is 12.0 Å². The quantitative estimate of drug-likeness (QED) is 0.700. The van der Waals surface area contributed by atoms with Crippen LogP contribution in [0.3, 0.4) is 0 Å². The van der Waals surface area contributed by atoms with Gasteiger partial charge in [-0.25, -0.2) is 0 Å². The predicted molar refractivity (Wildman–Crippen MR) is 103 cm³/mol. The lowest BCUT2D eigenvalue weighted by molar-refractivity contribution is -0.120. The van der Waals surface area contributed by atoms with E-state index in [0.29, 0.717) is 13.0 Å². The minimum Gasteiger partial charge on any atom is -0.491 e. The highest BCUT2D eigenvalue weighted by atomic mass is 16.5. The van der Waals surface area contributed by atoms with Gasteiger partial charge in [0.15, 0.2) is 0 Å². The fourth-order valence-electron chi connectivity index (χ4n) is 2.97. The van der Waals surface area contributed by atoms with Gasteiger partial charge < -0.3 is 14.5 Å². The average molecular weight is 351 g/mol. The lowest BCUT2D eigenvalue weighted by Gasteiger charge is -2.14. The molecule has 0 bridgehead atoms. The maximum Gasteiger partial charge on any atom is 0.224 e. The summed E-state index contributed by atoms with van der Waals surface area (Å²) < 4.78 is 11.5. The first-order valence-electron chi connectivity index (χ1n) is 8.93. The maximum absolute atomic E-state index is 12.4. The van der Waals surface area contributed by atoms with Crippen LogP contribution in [-0.4, -0.2) is 12.0 Å². The zero-order valence-electron chi connectivity index (χ0n) is 15.8. The molecule has 4 heteroatoms. The van der Waals surface area contributed by atoms with Crippen molar-refractivity contribution >= 4 is 16.9 Å². The van der Waals surface area contributed by atoms with Crippen LogP contribution in [0.25, 0.3) is 11.0 Å². The lowest BCUT2D eigenvalue weighted by atomic mass is 10.0. The molecule has 0 fully saturated rings. The molecule has 1 N–H and O–H groups in total. The summed E-state index contributed by atoms with van der Waals surface area (Å²) in [7, 11) is 0. The fraction of sp³-hybridized carbons (Fsp3) is 0.318. The van der Waals surface area contributed by atoms with Gasteiger partial charge in [-0.3, -0.25) is 4.79 Å². The number of amides is 1. The van der Waals surface area contributed by atoms with E-state index in [1.54, 1.807) is 6.26 Å². The molecule has 0 aliphatic carbocycles. The van der Waals surface area contributed by atoms with E-state index in [2.05, 4.69) is 18.3 Å². The first-order chi connectivity index (χ1) is 12.5. The van der Waals surface area contributed by atoms with Gasteiger partial charge in [0.2, 0.25) is 5.91 Å². The number of para-hydroxylation sites is 1. The maximum atomic E-state index is 12.4. The topological polar surface area (TPSA) is 51.5 Å². The Morgan fingerprint density at radius 3 is 2.65 bits per heavy atom. The number of aryl methyl sites for hydroxylation is 2. The van der Waals surface area contributed by atoms with Crippen molar-refractivity contribution in [2.45, 2.75) is 46.8 Å². The molecule has 0 unspecified atom stereocenters. The molecule has 1 amide bonds. The van der Waals surface area contributed by atoms with Gasteiger partial charge in [0, 0.05) is 23.1 Å². The second-order valence-corrected chi connectivity index (χ2v) is 6.87. The highest BCUT2D eigenvalue weighted by molar-refractivity contribution is 5.89. The van der Waals surface area contributed by atoms with Crippen LogP contribution in [0, 0.1) is 13.8 Å². The molecule has 1 aromatic heterocycles. The van der Waals surface area contributed by atoms with Crippen LogP contribution in [0.1, 0.15) is 36.1 Å². The van der Waals surface area contributed by atoms with Crippen LogP contribution in [0.2, 0.25) is 0 Å². The van der Waals surface area contributed by atoms with E-state index in [0.717, 1.165) is 33.4 Å². The molecule has 0 atom stereocenters. The molecule has 26 heavy (non-hydrogen) atoms. The van der Waals surface area contributed by atoms with Gasteiger partial charge in [0.25, 0.3) is 0 Å². The number of carbonyl (C=O) groups is 1. The SMILES string of the molecule is Cc1ccc2c(CC(=O)NCc3ccccc3OC(C)C)coc2c1C. The van der Waals surface area contributed by atoms with Crippen molar-refractivity contribution in [3.63, 3.8) is 0 Å². The van der Waals surface area contributed by atoms with Gasteiger partial charge in [-0.05, 0) is 44.9 Å². The Hall–Kier alpha value is -2.75. The zero-order valence-corrected chi connectivity index (χ0v) is 15.8. The van der Waals surface area contributed by atoms with Crippen LogP contribution in [0.5, 0.6) is 5.75 Å². The van der Waals surface area contributed by atoms with E-state index >= 15 is 0 Å². The molecule has 0 aliphatic heterocycles. The third-order valence-corrected chi connectivity index (χ3v) is 4.50. The summed E-state index contributed by atoms with van der Waals surface area (Å²) in [6, 6.07) is 11.9. The smallest absolute Gasteiger partial charge is 0.224 e. The van der Waals surface area contributed by atoms with Crippen LogP contribution >= 0.6 is 0 Å². The van der Waals surface area contributed by atoms with Crippen molar-refractivity contribution in [2.75, 3.05) is 0 Å². The monoisotopic (exact) mass is 351 g/mol. The molecule has 136 valence electrons. The largest absolute Gasteiger partial charge is 0.491 e. The van der Waals surface area contributed by atoms with Crippen LogP contribution < -0.4 is 10.1 Å². The molecule has 2 aromatic carbocycles. The van der Waals surface area contributed by atoms with E-state index in [9.17, 15) is 4.79 Å². The number of furan rings is 1. The second kappa shape index (κ2) is 7.65. The predicted octanol–water partition coefficient (Wildman–Crippen LogP) is 4.70. The van der Waals surface area contributed by atoms with E-state index < -0.39 is 0 Å². The van der Waals surface area contributed by atoms with Crippen molar-refractivity contribution in [1.82, 2.24) is 5.32 Å². The molecular weight excluding hydrogens is 326 g/mol. The number of hydrogen-bond donors (Lipinski definition) is 1. The highest BCUT2D eigenvalue weighted by Crippen LogP contribution is 2.27. The minimum atomic E-state index is -0.0368. The minimum absolute atomic E-state index is 0.0368. The van der Waals surface area contributed by atoms with Crippen LogP contribution in [0.4, 0.5) is 0 Å². The Kier molecular flexibility index (Phi) is 5.31. The zero-order chi connectivity index (χ0) is 18.7. The number of carbonyl (C=O) groups excluding carboxylic acids is 1. The molecule has 1 heterocycles. The van der Waals surface area contributed by atoms with E-state index in [1.165, 1.54) is 5.56 Å². The lowest BCUT2D eigenvalue weighted by Crippen LogP contribution is -2.25. The van der Waals surface area contributed by atoms with E-state index in [4.69, 9.17) is 9.15 Å². The normalized spacial score (nSPS) is 11.1. The van der Waals surface area contributed by atoms with Gasteiger partial charge in [0.05, 0.1) is 18.8 Å². The van der Waals surface area contributed by atoms with Crippen molar-refractivity contribution in [3.8, 4) is 5.75 Å². The third-order valence-electron chi connectivity index (χ3n) is 4.50. The Labute approximate surface area is 154 Å². The van der Waals surface area contributed by atoms with E-state index in [1.807, 2.05) is 51.1 Å². The van der Waals surface area contributed by atoms with Crippen LogP contribution in [0.15, 0.2) is 47.1 Å². The van der Waals surface area contributed by atoms with Gasteiger partial charge in [-0.2, -0.15) is 0 Å². The second-order valence-electron chi connectivity index (χ2n) is 6.87. The number of fused-ring (bicyclic) bond motifs is 1. The third kappa shape index (κ3) is 3.90. The van der Waals surface area contributed by atoms with Gasteiger partial charge in [-0.1, -0.05) is 30.3 Å². The molecule has 0 aliphatic rings. The number of benzene rings is 2. The Bertz CT molecular complexity index is 924. The highest BCUT2D eigenvalue weighted by Gasteiger charge is 2.13. The summed E-state index contributed by atoms with van der Waals surface area (Å²) in [4.78, 5) is 12.4. The summed E-state index contributed by atoms with van der Waals surface area (Å²) in [6.45, 7) is 8.51. The molecule has 4 nitrogen and oxygen atoms in total. The Balaban J connectivity index is 1.68. The van der Waals surface area contributed by atoms with Gasteiger partial charge in [-0.15, -0.1) is 0 Å². The molecule has 3 aromatic rings. The molecule has 0 saturated heterocycles. The number of hydrogen-bond acceptors (Lipinski definition) is 3. The molecule has 0 radical (unpaired) electrons.